The van der Waals surface area contributed by atoms with Gasteiger partial charge in [0.15, 0.2) is 0 Å². The van der Waals surface area contributed by atoms with Crippen LogP contribution in [0.1, 0.15) is 30.1 Å². The molecule has 1 amide bonds. The van der Waals surface area contributed by atoms with Crippen molar-refractivity contribution in [3.63, 3.8) is 0 Å². The van der Waals surface area contributed by atoms with Gasteiger partial charge in [0.25, 0.3) is 5.91 Å². The van der Waals surface area contributed by atoms with Crippen LogP contribution in [0.3, 0.4) is 0 Å². The molecule has 0 saturated heterocycles. The number of benzene rings is 1. The van der Waals surface area contributed by atoms with Gasteiger partial charge in [0, 0.05) is 8.95 Å². The second-order valence-electron chi connectivity index (χ2n) is 3.78. The summed E-state index contributed by atoms with van der Waals surface area (Å²) in [6.07, 6.45) is 1.11. The van der Waals surface area contributed by atoms with Gasteiger partial charge < -0.3 is 10.4 Å². The molecule has 1 unspecified atom stereocenters. The van der Waals surface area contributed by atoms with Crippen molar-refractivity contribution in [1.82, 2.24) is 5.32 Å². The van der Waals surface area contributed by atoms with Crippen LogP contribution in [0.5, 0.6) is 0 Å². The summed E-state index contributed by atoms with van der Waals surface area (Å²) in [5.41, 5.74) is 0.417. The highest BCUT2D eigenvalue weighted by molar-refractivity contribution is 9.11. The Balaban J connectivity index is 2.83. The normalized spacial score (nSPS) is 11.9. The van der Waals surface area contributed by atoms with Crippen molar-refractivity contribution in [3.05, 3.63) is 32.7 Å². The van der Waals surface area contributed by atoms with Crippen LogP contribution in [0, 0.1) is 0 Å². The summed E-state index contributed by atoms with van der Waals surface area (Å²) >= 11 is 6.56. The number of halogens is 2. The summed E-state index contributed by atoms with van der Waals surface area (Å²) in [5, 5.41) is 11.5. The van der Waals surface area contributed by atoms with Crippen LogP contribution in [0.25, 0.3) is 0 Å². The first-order valence-corrected chi connectivity index (χ1v) is 7.03. The third-order valence-corrected chi connectivity index (χ3v) is 3.51. The van der Waals surface area contributed by atoms with Crippen LogP contribution in [0.2, 0.25) is 0 Å². The smallest absolute Gasteiger partial charge is 0.326 e. The Labute approximate surface area is 122 Å². The van der Waals surface area contributed by atoms with E-state index in [4.69, 9.17) is 5.11 Å². The number of hydrogen-bond donors (Lipinski definition) is 2. The Morgan fingerprint density at radius 2 is 2.06 bits per heavy atom. The van der Waals surface area contributed by atoms with Gasteiger partial charge in [-0.3, -0.25) is 4.79 Å². The molecule has 0 aliphatic heterocycles. The van der Waals surface area contributed by atoms with Gasteiger partial charge >= 0.3 is 5.97 Å². The second kappa shape index (κ2) is 6.89. The predicted octanol–water partition coefficient (Wildman–Crippen LogP) is 3.19. The molecule has 2 N–H and O–H groups in total. The summed E-state index contributed by atoms with van der Waals surface area (Å²) in [5.74, 6) is -1.41. The number of nitrogens with one attached hydrogen (secondary N) is 1. The molecule has 1 atom stereocenters. The molecule has 0 aliphatic rings. The van der Waals surface area contributed by atoms with Gasteiger partial charge in [-0.05, 0) is 40.5 Å². The molecular weight excluding hydrogens is 366 g/mol. The zero-order valence-corrected chi connectivity index (χ0v) is 12.9. The van der Waals surface area contributed by atoms with E-state index in [0.717, 1.165) is 4.47 Å². The molecule has 0 saturated carbocycles. The Morgan fingerprint density at radius 3 is 2.56 bits per heavy atom. The first-order chi connectivity index (χ1) is 8.45. The largest absolute Gasteiger partial charge is 0.480 e. The van der Waals surface area contributed by atoms with E-state index in [1.807, 2.05) is 6.92 Å². The molecule has 0 heterocycles. The van der Waals surface area contributed by atoms with Gasteiger partial charge in [-0.1, -0.05) is 29.3 Å². The molecule has 6 heteroatoms. The van der Waals surface area contributed by atoms with Crippen molar-refractivity contribution in [3.8, 4) is 0 Å². The minimum atomic E-state index is -1.02. The molecule has 4 nitrogen and oxygen atoms in total. The standard InChI is InChI=1S/C12H13Br2NO3/c1-2-3-10(12(17)18)15-11(16)8-5-4-7(13)6-9(8)14/h4-6,10H,2-3H2,1H3,(H,15,16)(H,17,18). The zero-order chi connectivity index (χ0) is 13.7. The van der Waals surface area contributed by atoms with Crippen molar-refractivity contribution < 1.29 is 14.7 Å². The summed E-state index contributed by atoms with van der Waals surface area (Å²) in [6, 6.07) is 4.26. The maximum atomic E-state index is 11.9. The molecule has 1 rings (SSSR count). The Hall–Kier alpha value is -0.880. The topological polar surface area (TPSA) is 66.4 Å². The highest BCUT2D eigenvalue weighted by Crippen LogP contribution is 2.22. The lowest BCUT2D eigenvalue weighted by atomic mass is 10.1. The zero-order valence-electron chi connectivity index (χ0n) is 9.74. The van der Waals surface area contributed by atoms with Crippen molar-refractivity contribution in [2.45, 2.75) is 25.8 Å². The van der Waals surface area contributed by atoms with Crippen LogP contribution in [0.15, 0.2) is 27.1 Å². The lowest BCUT2D eigenvalue weighted by Crippen LogP contribution is -2.40. The maximum absolute atomic E-state index is 11.9. The molecule has 0 radical (unpaired) electrons. The van der Waals surface area contributed by atoms with Gasteiger partial charge in [0.2, 0.25) is 0 Å². The Morgan fingerprint density at radius 1 is 1.39 bits per heavy atom. The fourth-order valence-corrected chi connectivity index (χ4v) is 2.68. The first kappa shape index (κ1) is 15.2. The molecule has 1 aromatic rings. The van der Waals surface area contributed by atoms with Gasteiger partial charge in [-0.25, -0.2) is 4.79 Å². The average molecular weight is 379 g/mol. The van der Waals surface area contributed by atoms with E-state index >= 15 is 0 Å². The fraction of sp³-hybridized carbons (Fsp3) is 0.333. The van der Waals surface area contributed by atoms with Crippen molar-refractivity contribution in [1.29, 1.82) is 0 Å². The summed E-state index contributed by atoms with van der Waals surface area (Å²) in [4.78, 5) is 22.9. The van der Waals surface area contributed by atoms with E-state index in [1.165, 1.54) is 0 Å². The van der Waals surface area contributed by atoms with Crippen molar-refractivity contribution in [2.24, 2.45) is 0 Å². The van der Waals surface area contributed by atoms with Crippen LogP contribution < -0.4 is 5.32 Å². The third kappa shape index (κ3) is 4.10. The Kier molecular flexibility index (Phi) is 5.81. The summed E-state index contributed by atoms with van der Waals surface area (Å²) in [6.45, 7) is 1.87. The highest BCUT2D eigenvalue weighted by Gasteiger charge is 2.20. The number of carbonyl (C=O) groups is 2. The number of hydrogen-bond acceptors (Lipinski definition) is 2. The number of rotatable bonds is 5. The van der Waals surface area contributed by atoms with Crippen molar-refractivity contribution >= 4 is 43.7 Å². The number of carbonyl (C=O) groups excluding carboxylic acids is 1. The molecule has 1 aromatic carbocycles. The number of carboxylic acids is 1. The summed E-state index contributed by atoms with van der Waals surface area (Å²) < 4.78 is 1.46. The molecule has 0 spiro atoms. The van der Waals surface area contributed by atoms with E-state index in [2.05, 4.69) is 37.2 Å². The lowest BCUT2D eigenvalue weighted by Gasteiger charge is -2.14. The van der Waals surface area contributed by atoms with Gasteiger partial charge in [-0.15, -0.1) is 0 Å². The van der Waals surface area contributed by atoms with Gasteiger partial charge in [-0.2, -0.15) is 0 Å². The van der Waals surface area contributed by atoms with Crippen LogP contribution in [0.4, 0.5) is 0 Å². The molecule has 18 heavy (non-hydrogen) atoms. The molecule has 0 aliphatic carbocycles. The fourth-order valence-electron chi connectivity index (χ4n) is 1.46. The van der Waals surface area contributed by atoms with Gasteiger partial charge in [0.1, 0.15) is 6.04 Å². The second-order valence-corrected chi connectivity index (χ2v) is 5.55. The third-order valence-electron chi connectivity index (χ3n) is 2.36. The van der Waals surface area contributed by atoms with Crippen LogP contribution in [-0.2, 0) is 4.79 Å². The van der Waals surface area contributed by atoms with E-state index in [1.54, 1.807) is 18.2 Å². The number of aliphatic carboxylic acids is 1. The molecule has 0 aromatic heterocycles. The van der Waals surface area contributed by atoms with E-state index in [9.17, 15) is 9.59 Å². The minimum absolute atomic E-state index is 0.393. The van der Waals surface area contributed by atoms with Crippen molar-refractivity contribution in [2.75, 3.05) is 0 Å². The molecule has 0 fully saturated rings. The van der Waals surface area contributed by atoms with Crippen LogP contribution in [-0.4, -0.2) is 23.0 Å². The monoisotopic (exact) mass is 377 g/mol. The maximum Gasteiger partial charge on any atom is 0.326 e. The minimum Gasteiger partial charge on any atom is -0.480 e. The highest BCUT2D eigenvalue weighted by atomic mass is 79.9. The first-order valence-electron chi connectivity index (χ1n) is 5.44. The lowest BCUT2D eigenvalue weighted by molar-refractivity contribution is -0.139. The SMILES string of the molecule is CCCC(NC(=O)c1ccc(Br)cc1Br)C(=O)O. The van der Waals surface area contributed by atoms with Gasteiger partial charge in [0.05, 0.1) is 5.56 Å². The predicted molar refractivity (Wildman–Crippen MR) is 75.6 cm³/mol. The molecular formula is C12H13Br2NO3. The number of carboxylic acid groups (broad SMARTS) is 1. The molecule has 0 bridgehead atoms. The summed E-state index contributed by atoms with van der Waals surface area (Å²) in [7, 11) is 0. The van der Waals surface area contributed by atoms with E-state index in [-0.39, 0.29) is 0 Å². The quantitative estimate of drug-likeness (QED) is 0.826. The van der Waals surface area contributed by atoms with Crippen LogP contribution >= 0.6 is 31.9 Å². The average Bonchev–Trinajstić information content (AvgIpc) is 2.27. The van der Waals surface area contributed by atoms with E-state index < -0.39 is 17.9 Å². The molecule has 98 valence electrons. The number of amides is 1. The van der Waals surface area contributed by atoms with E-state index in [0.29, 0.717) is 22.9 Å². The Bertz CT molecular complexity index is 463.